The van der Waals surface area contributed by atoms with Crippen LogP contribution in [-0.2, 0) is 14.3 Å². The van der Waals surface area contributed by atoms with Gasteiger partial charge in [0.15, 0.2) is 5.79 Å². The van der Waals surface area contributed by atoms with E-state index in [4.69, 9.17) is 14.6 Å². The topological polar surface area (TPSA) is 59.0 Å². The minimum absolute atomic E-state index is 0.0119. The molecule has 1 aliphatic carbocycles. The molecule has 2 fully saturated rings. The first-order chi connectivity index (χ1) is 9.32. The van der Waals surface area contributed by atoms with Crippen molar-refractivity contribution in [3.05, 3.63) is 0 Å². The third-order valence-electron chi connectivity index (χ3n) is 4.40. The average Bonchev–Trinajstić information content (AvgIpc) is 2.78. The monoisotopic (exact) mass is 285 g/mol. The molecule has 2 rings (SSSR count). The van der Waals surface area contributed by atoms with E-state index in [0.717, 1.165) is 25.7 Å². The molecule has 5 nitrogen and oxygen atoms in total. The molecule has 0 unspecified atom stereocenters. The second kappa shape index (κ2) is 6.00. The standard InChI is InChI=1S/C15H27NO4/c1-14(2,3)16(9-6-13(17)18)12-4-7-15(8-5-12)19-10-11-20-15/h12H,4-11H2,1-3H3,(H,17,18). The summed E-state index contributed by atoms with van der Waals surface area (Å²) in [6, 6.07) is 0.424. The molecule has 1 aliphatic heterocycles. The normalized spacial score (nSPS) is 23.6. The Bertz CT molecular complexity index is 334. The van der Waals surface area contributed by atoms with E-state index in [9.17, 15) is 4.79 Å². The molecule has 0 aromatic rings. The highest BCUT2D eigenvalue weighted by Crippen LogP contribution is 2.38. The van der Waals surface area contributed by atoms with Gasteiger partial charge in [0, 0.05) is 31.0 Å². The third kappa shape index (κ3) is 3.71. The molecule has 0 aromatic carbocycles. The first-order valence-electron chi connectivity index (χ1n) is 7.59. The van der Waals surface area contributed by atoms with Crippen molar-refractivity contribution in [3.63, 3.8) is 0 Å². The summed E-state index contributed by atoms with van der Waals surface area (Å²) in [5, 5.41) is 8.93. The lowest BCUT2D eigenvalue weighted by Crippen LogP contribution is -2.52. The lowest BCUT2D eigenvalue weighted by molar-refractivity contribution is -0.186. The Kier molecular flexibility index (Phi) is 4.72. The number of carbonyl (C=O) groups is 1. The molecule has 0 atom stereocenters. The third-order valence-corrected chi connectivity index (χ3v) is 4.40. The van der Waals surface area contributed by atoms with Crippen molar-refractivity contribution in [2.45, 2.75) is 70.2 Å². The van der Waals surface area contributed by atoms with Crippen molar-refractivity contribution < 1.29 is 19.4 Å². The fourth-order valence-electron chi connectivity index (χ4n) is 3.42. The van der Waals surface area contributed by atoms with E-state index in [0.29, 0.717) is 25.8 Å². The Balaban J connectivity index is 1.95. The van der Waals surface area contributed by atoms with Crippen molar-refractivity contribution in [2.24, 2.45) is 0 Å². The summed E-state index contributed by atoms with van der Waals surface area (Å²) in [4.78, 5) is 13.2. The second-order valence-corrected chi connectivity index (χ2v) is 6.85. The number of ether oxygens (including phenoxy) is 2. The Morgan fingerprint density at radius 3 is 2.25 bits per heavy atom. The van der Waals surface area contributed by atoms with Crippen LogP contribution in [0.2, 0.25) is 0 Å². The molecule has 1 saturated heterocycles. The van der Waals surface area contributed by atoms with Crippen LogP contribution in [0.5, 0.6) is 0 Å². The molecular weight excluding hydrogens is 258 g/mol. The van der Waals surface area contributed by atoms with E-state index in [1.165, 1.54) is 0 Å². The van der Waals surface area contributed by atoms with Gasteiger partial charge in [0.2, 0.25) is 0 Å². The zero-order valence-electron chi connectivity index (χ0n) is 12.9. The lowest BCUT2D eigenvalue weighted by atomic mass is 9.86. The van der Waals surface area contributed by atoms with Crippen LogP contribution in [0, 0.1) is 0 Å². The summed E-state index contributed by atoms with van der Waals surface area (Å²) >= 11 is 0. The predicted octanol–water partition coefficient (Wildman–Crippen LogP) is 2.25. The van der Waals surface area contributed by atoms with Gasteiger partial charge in [0.1, 0.15) is 0 Å². The van der Waals surface area contributed by atoms with Gasteiger partial charge in [-0.2, -0.15) is 0 Å². The van der Waals surface area contributed by atoms with Crippen molar-refractivity contribution >= 4 is 5.97 Å². The number of hydrogen-bond donors (Lipinski definition) is 1. The predicted molar refractivity (Wildman–Crippen MR) is 75.6 cm³/mol. The van der Waals surface area contributed by atoms with Crippen LogP contribution in [0.1, 0.15) is 52.9 Å². The van der Waals surface area contributed by atoms with Gasteiger partial charge in [-0.1, -0.05) is 0 Å². The van der Waals surface area contributed by atoms with Crippen LogP contribution in [0.15, 0.2) is 0 Å². The van der Waals surface area contributed by atoms with Crippen LogP contribution >= 0.6 is 0 Å². The van der Waals surface area contributed by atoms with Gasteiger partial charge in [-0.3, -0.25) is 9.69 Å². The summed E-state index contributed by atoms with van der Waals surface area (Å²) in [5.74, 6) is -1.07. The molecule has 5 heteroatoms. The Morgan fingerprint density at radius 1 is 1.25 bits per heavy atom. The van der Waals surface area contributed by atoms with Gasteiger partial charge in [0.05, 0.1) is 19.6 Å². The van der Waals surface area contributed by atoms with E-state index in [1.54, 1.807) is 0 Å². The van der Waals surface area contributed by atoms with Crippen LogP contribution in [-0.4, -0.2) is 53.1 Å². The van der Waals surface area contributed by atoms with Gasteiger partial charge < -0.3 is 14.6 Å². The minimum atomic E-state index is -0.728. The average molecular weight is 285 g/mol. The molecule has 1 heterocycles. The van der Waals surface area contributed by atoms with Gasteiger partial charge in [-0.15, -0.1) is 0 Å². The number of hydrogen-bond acceptors (Lipinski definition) is 4. The molecule has 1 saturated carbocycles. The van der Waals surface area contributed by atoms with Gasteiger partial charge in [-0.05, 0) is 33.6 Å². The number of aliphatic carboxylic acids is 1. The van der Waals surface area contributed by atoms with E-state index >= 15 is 0 Å². The van der Waals surface area contributed by atoms with Crippen molar-refractivity contribution in [1.29, 1.82) is 0 Å². The SMILES string of the molecule is CC(C)(C)N(CCC(=O)O)C1CCC2(CC1)OCCO2. The molecule has 20 heavy (non-hydrogen) atoms. The van der Waals surface area contributed by atoms with Gasteiger partial charge in [0.25, 0.3) is 0 Å². The van der Waals surface area contributed by atoms with E-state index < -0.39 is 5.97 Å². The molecular formula is C15H27NO4. The summed E-state index contributed by atoms with van der Waals surface area (Å²) < 4.78 is 11.5. The summed E-state index contributed by atoms with van der Waals surface area (Å²) in [6.07, 6.45) is 4.05. The van der Waals surface area contributed by atoms with Crippen molar-refractivity contribution in [2.75, 3.05) is 19.8 Å². The summed E-state index contributed by atoms with van der Waals surface area (Å²) in [6.45, 7) is 8.48. The quantitative estimate of drug-likeness (QED) is 0.858. The Hall–Kier alpha value is -0.650. The Labute approximate surface area is 121 Å². The van der Waals surface area contributed by atoms with E-state index in [2.05, 4.69) is 25.7 Å². The van der Waals surface area contributed by atoms with Crippen LogP contribution in [0.25, 0.3) is 0 Å². The highest BCUT2D eigenvalue weighted by Gasteiger charge is 2.42. The van der Waals surface area contributed by atoms with Crippen molar-refractivity contribution in [3.8, 4) is 0 Å². The largest absolute Gasteiger partial charge is 0.481 e. The van der Waals surface area contributed by atoms with E-state index in [1.807, 2.05) is 0 Å². The van der Waals surface area contributed by atoms with Crippen LogP contribution in [0.3, 0.4) is 0 Å². The molecule has 0 aromatic heterocycles. The fourth-order valence-corrected chi connectivity index (χ4v) is 3.42. The lowest BCUT2D eigenvalue weighted by Gasteiger charge is -2.46. The smallest absolute Gasteiger partial charge is 0.304 e. The maximum atomic E-state index is 10.9. The van der Waals surface area contributed by atoms with E-state index in [-0.39, 0.29) is 17.7 Å². The first-order valence-corrected chi connectivity index (χ1v) is 7.59. The maximum absolute atomic E-state index is 10.9. The second-order valence-electron chi connectivity index (χ2n) is 6.85. The molecule has 116 valence electrons. The van der Waals surface area contributed by atoms with Gasteiger partial charge in [-0.25, -0.2) is 0 Å². The summed E-state index contributed by atoms with van der Waals surface area (Å²) in [7, 11) is 0. The molecule has 2 aliphatic rings. The highest BCUT2D eigenvalue weighted by atomic mass is 16.7. The maximum Gasteiger partial charge on any atom is 0.304 e. The molecule has 0 amide bonds. The van der Waals surface area contributed by atoms with Crippen LogP contribution < -0.4 is 0 Å². The number of rotatable bonds is 4. The number of nitrogens with zero attached hydrogens (tertiary/aromatic N) is 1. The Morgan fingerprint density at radius 2 is 1.80 bits per heavy atom. The zero-order valence-corrected chi connectivity index (χ0v) is 12.9. The minimum Gasteiger partial charge on any atom is -0.481 e. The molecule has 0 bridgehead atoms. The molecule has 1 spiro atoms. The fraction of sp³-hybridized carbons (Fsp3) is 0.933. The highest BCUT2D eigenvalue weighted by molar-refractivity contribution is 5.66. The zero-order chi connectivity index (χ0) is 14.8. The van der Waals surface area contributed by atoms with Crippen molar-refractivity contribution in [1.82, 2.24) is 4.90 Å². The molecule has 0 radical (unpaired) electrons. The first kappa shape index (κ1) is 15.7. The number of carboxylic acids is 1. The molecule has 1 N–H and O–H groups in total. The number of carboxylic acid groups (broad SMARTS) is 1. The van der Waals surface area contributed by atoms with Gasteiger partial charge >= 0.3 is 5.97 Å². The summed E-state index contributed by atoms with van der Waals surface area (Å²) in [5.41, 5.74) is -0.0119. The van der Waals surface area contributed by atoms with Crippen LogP contribution in [0.4, 0.5) is 0 Å².